The van der Waals surface area contributed by atoms with Gasteiger partial charge in [-0.15, -0.1) is 10.2 Å². The van der Waals surface area contributed by atoms with Gasteiger partial charge in [-0.25, -0.2) is 0 Å². The van der Waals surface area contributed by atoms with Crippen LogP contribution >= 0.6 is 0 Å². The maximum Gasteiger partial charge on any atom is 0.252 e. The number of H-pyrrole nitrogens is 1. The van der Waals surface area contributed by atoms with Gasteiger partial charge >= 0.3 is 0 Å². The zero-order valence-corrected chi connectivity index (χ0v) is 14.5. The Balaban J connectivity index is 1.47. The fourth-order valence-corrected chi connectivity index (χ4v) is 3.51. The first kappa shape index (κ1) is 16.5. The van der Waals surface area contributed by atoms with Crippen LogP contribution in [0.3, 0.4) is 0 Å². The second-order valence-electron chi connectivity index (χ2n) is 6.59. The number of amides is 1. The van der Waals surface area contributed by atoms with E-state index < -0.39 is 0 Å². The Kier molecular flexibility index (Phi) is 4.51. The summed E-state index contributed by atoms with van der Waals surface area (Å²) in [5, 5.41) is 12.2. The van der Waals surface area contributed by atoms with Crippen molar-refractivity contribution in [3.05, 3.63) is 57.9 Å². The summed E-state index contributed by atoms with van der Waals surface area (Å²) in [6.45, 7) is 1.41. The standard InChI is InChI=1S/C19H21N5O2/c25-18-12-14(13-6-3-4-7-15(13)21-18)19(26)20-10-9-17-23-22-16-8-2-1-5-11-24(16)17/h3-4,6-7,12H,1-2,5,8-11H2,(H,20,26)(H,21,25). The molecule has 0 saturated heterocycles. The Morgan fingerprint density at radius 2 is 2.08 bits per heavy atom. The third-order valence-electron chi connectivity index (χ3n) is 4.82. The molecule has 4 rings (SSSR count). The van der Waals surface area contributed by atoms with E-state index in [1.807, 2.05) is 18.2 Å². The van der Waals surface area contributed by atoms with E-state index >= 15 is 0 Å². The van der Waals surface area contributed by atoms with Crippen LogP contribution in [0.4, 0.5) is 0 Å². The largest absolute Gasteiger partial charge is 0.352 e. The molecule has 3 aromatic rings. The van der Waals surface area contributed by atoms with Crippen LogP contribution in [-0.4, -0.2) is 32.2 Å². The molecule has 1 aliphatic rings. The van der Waals surface area contributed by atoms with Crippen LogP contribution in [0.1, 0.15) is 41.3 Å². The molecule has 134 valence electrons. The van der Waals surface area contributed by atoms with Gasteiger partial charge in [0.25, 0.3) is 5.91 Å². The Morgan fingerprint density at radius 1 is 1.19 bits per heavy atom. The van der Waals surface area contributed by atoms with Gasteiger partial charge < -0.3 is 14.9 Å². The molecular formula is C19H21N5O2. The lowest BCUT2D eigenvalue weighted by Gasteiger charge is -2.09. The Morgan fingerprint density at radius 3 is 3.00 bits per heavy atom. The molecule has 0 bridgehead atoms. The fourth-order valence-electron chi connectivity index (χ4n) is 3.51. The summed E-state index contributed by atoms with van der Waals surface area (Å²) >= 11 is 0. The Bertz CT molecular complexity index is 1000. The molecule has 2 aromatic heterocycles. The molecule has 1 aliphatic heterocycles. The van der Waals surface area contributed by atoms with E-state index in [1.54, 1.807) is 6.07 Å². The van der Waals surface area contributed by atoms with Gasteiger partial charge in [0.2, 0.25) is 5.56 Å². The first-order chi connectivity index (χ1) is 12.7. The molecule has 0 saturated carbocycles. The minimum atomic E-state index is -0.281. The van der Waals surface area contributed by atoms with E-state index in [0.717, 1.165) is 42.8 Å². The molecule has 7 heteroatoms. The third-order valence-corrected chi connectivity index (χ3v) is 4.82. The van der Waals surface area contributed by atoms with Gasteiger partial charge in [-0.05, 0) is 18.9 Å². The molecule has 0 spiro atoms. The second kappa shape index (κ2) is 7.11. The average molecular weight is 351 g/mol. The summed E-state index contributed by atoms with van der Waals surface area (Å²) < 4.78 is 2.18. The molecule has 26 heavy (non-hydrogen) atoms. The minimum Gasteiger partial charge on any atom is -0.352 e. The van der Waals surface area contributed by atoms with Crippen LogP contribution in [0.25, 0.3) is 10.9 Å². The summed E-state index contributed by atoms with van der Waals surface area (Å²) in [4.78, 5) is 27.1. The van der Waals surface area contributed by atoms with Crippen molar-refractivity contribution < 1.29 is 4.79 Å². The molecular weight excluding hydrogens is 330 g/mol. The van der Waals surface area contributed by atoms with Crippen LogP contribution in [0.2, 0.25) is 0 Å². The lowest BCUT2D eigenvalue weighted by molar-refractivity contribution is 0.0955. The van der Waals surface area contributed by atoms with Gasteiger partial charge in [-0.1, -0.05) is 24.6 Å². The molecule has 7 nitrogen and oxygen atoms in total. The van der Waals surface area contributed by atoms with Gasteiger partial charge in [0, 0.05) is 42.9 Å². The number of pyridine rings is 1. The maximum absolute atomic E-state index is 12.6. The number of carbonyl (C=O) groups excluding carboxylic acids is 1. The van der Waals surface area contributed by atoms with Gasteiger partial charge in [-0.2, -0.15) is 0 Å². The lowest BCUT2D eigenvalue weighted by Crippen LogP contribution is -2.28. The fraction of sp³-hybridized carbons (Fsp3) is 0.368. The van der Waals surface area contributed by atoms with E-state index in [1.165, 1.54) is 12.5 Å². The highest BCUT2D eigenvalue weighted by molar-refractivity contribution is 6.05. The number of hydrogen-bond acceptors (Lipinski definition) is 4. The summed E-state index contributed by atoms with van der Waals surface area (Å²) in [6.07, 6.45) is 5.11. The number of carbonyl (C=O) groups is 1. The van der Waals surface area contributed by atoms with Gasteiger partial charge in [0.15, 0.2) is 0 Å². The van der Waals surface area contributed by atoms with E-state index in [0.29, 0.717) is 24.0 Å². The molecule has 0 aliphatic carbocycles. The summed E-state index contributed by atoms with van der Waals surface area (Å²) in [5.74, 6) is 1.71. The topological polar surface area (TPSA) is 92.7 Å². The zero-order valence-electron chi connectivity index (χ0n) is 14.5. The molecule has 2 N–H and O–H groups in total. The number of aromatic amines is 1. The van der Waals surface area contributed by atoms with Gasteiger partial charge in [0.05, 0.1) is 5.56 Å². The first-order valence-electron chi connectivity index (χ1n) is 9.03. The van der Waals surface area contributed by atoms with Crippen molar-refractivity contribution in [3.8, 4) is 0 Å². The van der Waals surface area contributed by atoms with Crippen molar-refractivity contribution in [1.29, 1.82) is 0 Å². The van der Waals surface area contributed by atoms with Crippen molar-refractivity contribution in [1.82, 2.24) is 25.1 Å². The highest BCUT2D eigenvalue weighted by Crippen LogP contribution is 2.16. The molecule has 1 amide bonds. The number of fused-ring (bicyclic) bond motifs is 2. The van der Waals surface area contributed by atoms with Crippen LogP contribution in [0, 0.1) is 0 Å². The highest BCUT2D eigenvalue weighted by atomic mass is 16.2. The van der Waals surface area contributed by atoms with Crippen LogP contribution in [0.5, 0.6) is 0 Å². The Hall–Kier alpha value is -2.96. The normalized spacial score (nSPS) is 14.0. The van der Waals surface area contributed by atoms with Crippen LogP contribution < -0.4 is 10.9 Å². The predicted octanol–water partition coefficient (Wildman–Crippen LogP) is 1.82. The molecule has 3 heterocycles. The number of rotatable bonds is 4. The minimum absolute atomic E-state index is 0.247. The number of hydrogen-bond donors (Lipinski definition) is 2. The number of nitrogens with zero attached hydrogens (tertiary/aromatic N) is 3. The number of para-hydroxylation sites is 1. The SMILES string of the molecule is O=C(NCCc1nnc2n1CCCCC2)c1cc(=O)[nH]c2ccccc12. The van der Waals surface area contributed by atoms with E-state index in [2.05, 4.69) is 25.1 Å². The van der Waals surface area contributed by atoms with Crippen molar-refractivity contribution in [2.24, 2.45) is 0 Å². The summed E-state index contributed by atoms with van der Waals surface area (Å²) in [7, 11) is 0. The van der Waals surface area contributed by atoms with Crippen molar-refractivity contribution in [3.63, 3.8) is 0 Å². The van der Waals surface area contributed by atoms with Crippen molar-refractivity contribution in [2.75, 3.05) is 6.54 Å². The summed E-state index contributed by atoms with van der Waals surface area (Å²) in [5.41, 5.74) is 0.772. The van der Waals surface area contributed by atoms with Crippen molar-refractivity contribution in [2.45, 2.75) is 38.6 Å². The smallest absolute Gasteiger partial charge is 0.252 e. The molecule has 0 unspecified atom stereocenters. The molecule has 0 fully saturated rings. The Labute approximate surface area is 150 Å². The molecule has 1 aromatic carbocycles. The van der Waals surface area contributed by atoms with Crippen LogP contribution in [-0.2, 0) is 19.4 Å². The number of nitrogens with one attached hydrogen (secondary N) is 2. The lowest BCUT2D eigenvalue weighted by atomic mass is 10.1. The monoisotopic (exact) mass is 351 g/mol. The quantitative estimate of drug-likeness (QED) is 0.750. The average Bonchev–Trinajstić information content (AvgIpc) is 2.87. The van der Waals surface area contributed by atoms with Crippen molar-refractivity contribution >= 4 is 16.8 Å². The van der Waals surface area contributed by atoms with Gasteiger partial charge in [-0.3, -0.25) is 9.59 Å². The van der Waals surface area contributed by atoms with E-state index in [9.17, 15) is 9.59 Å². The second-order valence-corrected chi connectivity index (χ2v) is 6.59. The third kappa shape index (κ3) is 3.24. The van der Waals surface area contributed by atoms with Gasteiger partial charge in [0.1, 0.15) is 11.6 Å². The predicted molar refractivity (Wildman–Crippen MR) is 98.2 cm³/mol. The van der Waals surface area contributed by atoms with E-state index in [4.69, 9.17) is 0 Å². The highest BCUT2D eigenvalue weighted by Gasteiger charge is 2.15. The first-order valence-corrected chi connectivity index (χ1v) is 9.03. The zero-order chi connectivity index (χ0) is 17.9. The molecule has 0 atom stereocenters. The summed E-state index contributed by atoms with van der Waals surface area (Å²) in [6, 6.07) is 8.65. The number of benzene rings is 1. The van der Waals surface area contributed by atoms with Crippen LogP contribution in [0.15, 0.2) is 35.1 Å². The maximum atomic E-state index is 12.6. The molecule has 0 radical (unpaired) electrons. The van der Waals surface area contributed by atoms with E-state index in [-0.39, 0.29) is 11.5 Å². The number of aromatic nitrogens is 4. The number of aryl methyl sites for hydroxylation is 1.